The third-order valence-corrected chi connectivity index (χ3v) is 2.18. The minimum absolute atomic E-state index is 0.151. The Bertz CT molecular complexity index is 363. The van der Waals surface area contributed by atoms with E-state index in [1.807, 2.05) is 32.0 Å². The molecular formula is C13H19NO3. The molecule has 1 N–H and O–H groups in total. The quantitative estimate of drug-likeness (QED) is 0.609. The standard InChI is InChI=1S/C13H19NO3/c1-10(2)16-8-9-17-13(15)11-6-4-5-7-12(11)14-3/h4-7,10,14H,8-9H2,1-3H3. The van der Waals surface area contributed by atoms with E-state index >= 15 is 0 Å². The van der Waals surface area contributed by atoms with Gasteiger partial charge in [-0.1, -0.05) is 12.1 Å². The van der Waals surface area contributed by atoms with E-state index in [0.717, 1.165) is 5.69 Å². The summed E-state index contributed by atoms with van der Waals surface area (Å²) in [4.78, 5) is 11.8. The van der Waals surface area contributed by atoms with Gasteiger partial charge in [0, 0.05) is 12.7 Å². The third-order valence-electron chi connectivity index (χ3n) is 2.18. The fourth-order valence-electron chi connectivity index (χ4n) is 1.38. The molecule has 4 heteroatoms. The molecule has 0 aliphatic carbocycles. The molecule has 0 aliphatic heterocycles. The Balaban J connectivity index is 2.47. The van der Waals surface area contributed by atoms with Crippen LogP contribution in [0.15, 0.2) is 24.3 Å². The van der Waals surface area contributed by atoms with Crippen LogP contribution in [0.25, 0.3) is 0 Å². The second kappa shape index (κ2) is 6.91. The Kier molecular flexibility index (Phi) is 5.49. The number of rotatable bonds is 6. The number of para-hydroxylation sites is 1. The Hall–Kier alpha value is -1.55. The van der Waals surface area contributed by atoms with Crippen molar-refractivity contribution in [1.82, 2.24) is 0 Å². The summed E-state index contributed by atoms with van der Waals surface area (Å²) in [7, 11) is 1.77. The van der Waals surface area contributed by atoms with E-state index in [1.165, 1.54) is 0 Å². The largest absolute Gasteiger partial charge is 0.460 e. The Labute approximate surface area is 102 Å². The van der Waals surface area contributed by atoms with Gasteiger partial charge in [0.25, 0.3) is 0 Å². The minimum Gasteiger partial charge on any atom is -0.460 e. The summed E-state index contributed by atoms with van der Waals surface area (Å²) in [5, 5.41) is 2.95. The van der Waals surface area contributed by atoms with E-state index in [4.69, 9.17) is 9.47 Å². The van der Waals surface area contributed by atoms with Gasteiger partial charge in [0.15, 0.2) is 0 Å². The summed E-state index contributed by atoms with van der Waals surface area (Å²) >= 11 is 0. The van der Waals surface area contributed by atoms with Gasteiger partial charge in [-0.15, -0.1) is 0 Å². The molecule has 0 heterocycles. The second-order valence-electron chi connectivity index (χ2n) is 3.85. The van der Waals surface area contributed by atoms with Gasteiger partial charge in [-0.25, -0.2) is 4.79 Å². The van der Waals surface area contributed by atoms with Crippen molar-refractivity contribution in [1.29, 1.82) is 0 Å². The van der Waals surface area contributed by atoms with Crippen LogP contribution in [0.3, 0.4) is 0 Å². The first kappa shape index (κ1) is 13.5. The molecule has 0 amide bonds. The molecule has 0 aliphatic rings. The summed E-state index contributed by atoms with van der Waals surface area (Å²) < 4.78 is 10.4. The van der Waals surface area contributed by atoms with Crippen molar-refractivity contribution in [3.05, 3.63) is 29.8 Å². The molecule has 0 aromatic heterocycles. The van der Waals surface area contributed by atoms with E-state index < -0.39 is 0 Å². The van der Waals surface area contributed by atoms with E-state index in [2.05, 4.69) is 5.32 Å². The number of esters is 1. The maximum Gasteiger partial charge on any atom is 0.340 e. The number of ether oxygens (including phenoxy) is 2. The monoisotopic (exact) mass is 237 g/mol. The molecule has 0 radical (unpaired) electrons. The van der Waals surface area contributed by atoms with Gasteiger partial charge in [0.1, 0.15) is 6.61 Å². The van der Waals surface area contributed by atoms with Crippen molar-refractivity contribution in [3.8, 4) is 0 Å². The van der Waals surface area contributed by atoms with Crippen LogP contribution >= 0.6 is 0 Å². The highest BCUT2D eigenvalue weighted by atomic mass is 16.6. The highest BCUT2D eigenvalue weighted by molar-refractivity contribution is 5.95. The van der Waals surface area contributed by atoms with Crippen molar-refractivity contribution >= 4 is 11.7 Å². The lowest BCUT2D eigenvalue weighted by molar-refractivity contribution is 0.0177. The van der Waals surface area contributed by atoms with Crippen LogP contribution in [-0.4, -0.2) is 32.3 Å². The topological polar surface area (TPSA) is 47.6 Å². The van der Waals surface area contributed by atoms with Gasteiger partial charge < -0.3 is 14.8 Å². The molecule has 1 rings (SSSR count). The summed E-state index contributed by atoms with van der Waals surface area (Å²) in [6.07, 6.45) is 0.151. The molecule has 94 valence electrons. The smallest absolute Gasteiger partial charge is 0.340 e. The number of carbonyl (C=O) groups excluding carboxylic acids is 1. The minimum atomic E-state index is -0.331. The normalized spacial score (nSPS) is 10.4. The number of nitrogens with one attached hydrogen (secondary N) is 1. The van der Waals surface area contributed by atoms with Gasteiger partial charge in [-0.05, 0) is 26.0 Å². The van der Waals surface area contributed by atoms with Crippen molar-refractivity contribution in [2.24, 2.45) is 0 Å². The predicted octanol–water partition coefficient (Wildman–Crippen LogP) is 2.31. The van der Waals surface area contributed by atoms with Gasteiger partial charge in [-0.2, -0.15) is 0 Å². The second-order valence-corrected chi connectivity index (χ2v) is 3.85. The summed E-state index contributed by atoms with van der Waals surface area (Å²) in [5.41, 5.74) is 1.31. The first-order valence-corrected chi connectivity index (χ1v) is 5.70. The van der Waals surface area contributed by atoms with E-state index in [0.29, 0.717) is 12.2 Å². The lowest BCUT2D eigenvalue weighted by Gasteiger charge is -2.10. The molecule has 1 aromatic rings. The molecule has 0 saturated carbocycles. The first-order valence-electron chi connectivity index (χ1n) is 5.70. The fraction of sp³-hybridized carbons (Fsp3) is 0.462. The highest BCUT2D eigenvalue weighted by Crippen LogP contribution is 2.15. The molecule has 1 aromatic carbocycles. The number of hydrogen-bond acceptors (Lipinski definition) is 4. The maximum absolute atomic E-state index is 11.8. The Morgan fingerprint density at radius 2 is 2.00 bits per heavy atom. The van der Waals surface area contributed by atoms with Crippen LogP contribution in [0.2, 0.25) is 0 Å². The zero-order chi connectivity index (χ0) is 12.7. The summed E-state index contributed by atoms with van der Waals surface area (Å²) in [5.74, 6) is -0.331. The summed E-state index contributed by atoms with van der Waals surface area (Å²) in [6, 6.07) is 7.24. The molecule has 4 nitrogen and oxygen atoms in total. The molecule has 0 atom stereocenters. The van der Waals surface area contributed by atoms with Crippen LogP contribution in [0, 0.1) is 0 Å². The van der Waals surface area contributed by atoms with Crippen molar-refractivity contribution in [3.63, 3.8) is 0 Å². The third kappa shape index (κ3) is 4.44. The number of carbonyl (C=O) groups is 1. The van der Waals surface area contributed by atoms with Crippen molar-refractivity contribution < 1.29 is 14.3 Å². The van der Waals surface area contributed by atoms with E-state index in [1.54, 1.807) is 13.1 Å². The van der Waals surface area contributed by atoms with Crippen LogP contribution in [0.4, 0.5) is 5.69 Å². The first-order chi connectivity index (χ1) is 8.15. The highest BCUT2D eigenvalue weighted by Gasteiger charge is 2.10. The van der Waals surface area contributed by atoms with Crippen LogP contribution in [0.5, 0.6) is 0 Å². The molecule has 17 heavy (non-hydrogen) atoms. The average Bonchev–Trinajstić information content (AvgIpc) is 2.34. The number of benzene rings is 1. The van der Waals surface area contributed by atoms with Gasteiger partial charge in [0.05, 0.1) is 18.3 Å². The molecule has 0 bridgehead atoms. The average molecular weight is 237 g/mol. The van der Waals surface area contributed by atoms with Crippen molar-refractivity contribution in [2.45, 2.75) is 20.0 Å². The van der Waals surface area contributed by atoms with Gasteiger partial charge in [0.2, 0.25) is 0 Å². The molecule has 0 unspecified atom stereocenters. The number of anilines is 1. The summed E-state index contributed by atoms with van der Waals surface area (Å²) in [6.45, 7) is 4.58. The van der Waals surface area contributed by atoms with Gasteiger partial charge in [-0.3, -0.25) is 0 Å². The van der Waals surface area contributed by atoms with Crippen LogP contribution in [-0.2, 0) is 9.47 Å². The molecule has 0 saturated heterocycles. The predicted molar refractivity (Wildman–Crippen MR) is 67.4 cm³/mol. The molecular weight excluding hydrogens is 218 g/mol. The lowest BCUT2D eigenvalue weighted by atomic mass is 10.2. The molecule has 0 spiro atoms. The SMILES string of the molecule is CNc1ccccc1C(=O)OCCOC(C)C. The Morgan fingerprint density at radius 1 is 1.29 bits per heavy atom. The lowest BCUT2D eigenvalue weighted by Crippen LogP contribution is -2.14. The van der Waals surface area contributed by atoms with Crippen molar-refractivity contribution in [2.75, 3.05) is 25.6 Å². The van der Waals surface area contributed by atoms with Crippen LogP contribution < -0.4 is 5.32 Å². The van der Waals surface area contributed by atoms with E-state index in [-0.39, 0.29) is 18.7 Å². The fourth-order valence-corrected chi connectivity index (χ4v) is 1.38. The number of hydrogen-bond donors (Lipinski definition) is 1. The van der Waals surface area contributed by atoms with Gasteiger partial charge >= 0.3 is 5.97 Å². The van der Waals surface area contributed by atoms with Crippen LogP contribution in [0.1, 0.15) is 24.2 Å². The maximum atomic E-state index is 11.8. The Morgan fingerprint density at radius 3 is 2.65 bits per heavy atom. The van der Waals surface area contributed by atoms with E-state index in [9.17, 15) is 4.79 Å². The molecule has 0 fully saturated rings. The zero-order valence-electron chi connectivity index (χ0n) is 10.5. The zero-order valence-corrected chi connectivity index (χ0v) is 10.5.